The maximum atomic E-state index is 11.0. The van der Waals surface area contributed by atoms with Gasteiger partial charge in [-0.05, 0) is 19.1 Å². The predicted octanol–water partition coefficient (Wildman–Crippen LogP) is 3.00. The van der Waals surface area contributed by atoms with E-state index in [9.17, 15) is 4.79 Å². The lowest BCUT2D eigenvalue weighted by atomic mass is 9.89. The molecule has 2 aromatic heterocycles. The number of amides is 1. The Labute approximate surface area is 106 Å². The number of rotatable bonds is 1. The van der Waals surface area contributed by atoms with E-state index in [1.54, 1.807) is 0 Å². The first-order valence-corrected chi connectivity index (χ1v) is 5.90. The number of carbonyl (C=O) groups is 1. The number of ether oxygens (including phenoxy) is 1. The van der Waals surface area contributed by atoms with E-state index in [2.05, 4.69) is 20.8 Å². The fourth-order valence-corrected chi connectivity index (χ4v) is 2.46. The van der Waals surface area contributed by atoms with Crippen LogP contribution < -0.4 is 10.5 Å². The van der Waals surface area contributed by atoms with Gasteiger partial charge in [0.25, 0.3) is 0 Å². The van der Waals surface area contributed by atoms with Crippen molar-refractivity contribution in [2.24, 2.45) is 5.73 Å². The molecule has 0 bridgehead atoms. The van der Waals surface area contributed by atoms with Crippen molar-refractivity contribution in [2.45, 2.75) is 33.1 Å². The van der Waals surface area contributed by atoms with Crippen molar-refractivity contribution >= 4 is 11.6 Å². The van der Waals surface area contributed by atoms with Crippen LogP contribution in [-0.2, 0) is 5.41 Å². The van der Waals surface area contributed by atoms with E-state index < -0.39 is 6.09 Å². The van der Waals surface area contributed by atoms with Crippen LogP contribution in [0.4, 0.5) is 4.79 Å². The van der Waals surface area contributed by atoms with Crippen LogP contribution in [0.5, 0.6) is 5.75 Å². The van der Waals surface area contributed by atoms with E-state index in [4.69, 9.17) is 10.5 Å². The molecule has 0 unspecified atom stereocenters. The number of fused-ring (bicyclic) bond motifs is 1. The standard InChI is InChI=1S/C14H18N2O2/c1-9-11(18-13(15)17)10-7-5-6-8-16(10)12(9)14(2,3)4/h5-8H,1-4H3,(H2,15,17). The third-order valence-electron chi connectivity index (χ3n) is 2.94. The molecule has 0 aromatic carbocycles. The Morgan fingerprint density at radius 1 is 1.33 bits per heavy atom. The van der Waals surface area contributed by atoms with E-state index in [-0.39, 0.29) is 5.41 Å². The van der Waals surface area contributed by atoms with Crippen molar-refractivity contribution in [2.75, 3.05) is 0 Å². The minimum absolute atomic E-state index is 0.0480. The Balaban J connectivity index is 2.79. The van der Waals surface area contributed by atoms with Crippen molar-refractivity contribution in [3.05, 3.63) is 35.7 Å². The first-order chi connectivity index (χ1) is 8.32. The Kier molecular flexibility index (Phi) is 2.81. The molecule has 2 heterocycles. The lowest BCUT2D eigenvalue weighted by Crippen LogP contribution is -2.17. The quantitative estimate of drug-likeness (QED) is 0.840. The second-order valence-corrected chi connectivity index (χ2v) is 5.43. The molecule has 0 saturated carbocycles. The summed E-state index contributed by atoms with van der Waals surface area (Å²) in [5.74, 6) is 0.549. The number of carbonyl (C=O) groups excluding carboxylic acids is 1. The van der Waals surface area contributed by atoms with E-state index in [1.807, 2.05) is 35.7 Å². The highest BCUT2D eigenvalue weighted by atomic mass is 16.5. The molecule has 0 atom stereocenters. The van der Waals surface area contributed by atoms with Gasteiger partial charge in [-0.15, -0.1) is 0 Å². The maximum Gasteiger partial charge on any atom is 0.410 e. The summed E-state index contributed by atoms with van der Waals surface area (Å²) in [7, 11) is 0. The van der Waals surface area contributed by atoms with E-state index in [0.717, 1.165) is 16.8 Å². The van der Waals surface area contributed by atoms with Gasteiger partial charge < -0.3 is 14.9 Å². The van der Waals surface area contributed by atoms with Crippen molar-refractivity contribution in [1.82, 2.24) is 4.40 Å². The van der Waals surface area contributed by atoms with E-state index in [0.29, 0.717) is 5.75 Å². The van der Waals surface area contributed by atoms with Gasteiger partial charge in [-0.2, -0.15) is 0 Å². The molecule has 0 saturated heterocycles. The zero-order valence-corrected chi connectivity index (χ0v) is 11.2. The molecule has 96 valence electrons. The normalized spacial score (nSPS) is 11.8. The molecule has 0 radical (unpaired) electrons. The predicted molar refractivity (Wildman–Crippen MR) is 71.0 cm³/mol. The Morgan fingerprint density at radius 2 is 2.00 bits per heavy atom. The Morgan fingerprint density at radius 3 is 2.56 bits per heavy atom. The first-order valence-electron chi connectivity index (χ1n) is 5.90. The first kappa shape index (κ1) is 12.5. The lowest BCUT2D eigenvalue weighted by Gasteiger charge is -2.20. The summed E-state index contributed by atoms with van der Waals surface area (Å²) in [6.07, 6.45) is 1.19. The summed E-state index contributed by atoms with van der Waals surface area (Å²) >= 11 is 0. The molecule has 0 aliphatic heterocycles. The highest BCUT2D eigenvalue weighted by Gasteiger charge is 2.25. The molecule has 0 aliphatic carbocycles. The van der Waals surface area contributed by atoms with Crippen LogP contribution in [0.3, 0.4) is 0 Å². The average Bonchev–Trinajstić information content (AvgIpc) is 2.51. The fourth-order valence-electron chi connectivity index (χ4n) is 2.46. The Hall–Kier alpha value is -1.97. The van der Waals surface area contributed by atoms with E-state index >= 15 is 0 Å². The van der Waals surface area contributed by atoms with Gasteiger partial charge in [0.05, 0.1) is 5.52 Å². The van der Waals surface area contributed by atoms with Gasteiger partial charge in [0.1, 0.15) is 0 Å². The van der Waals surface area contributed by atoms with Gasteiger partial charge in [0.2, 0.25) is 0 Å². The highest BCUT2D eigenvalue weighted by molar-refractivity contribution is 5.76. The molecule has 4 nitrogen and oxygen atoms in total. The van der Waals surface area contributed by atoms with Crippen LogP contribution in [0, 0.1) is 6.92 Å². The minimum atomic E-state index is -0.782. The van der Waals surface area contributed by atoms with Crippen LogP contribution in [0.2, 0.25) is 0 Å². The zero-order valence-electron chi connectivity index (χ0n) is 11.2. The molecular weight excluding hydrogens is 228 g/mol. The zero-order chi connectivity index (χ0) is 13.5. The number of nitrogens with two attached hydrogens (primary N) is 1. The molecule has 2 aromatic rings. The minimum Gasteiger partial charge on any atom is -0.408 e. The summed E-state index contributed by atoms with van der Waals surface area (Å²) in [6.45, 7) is 8.33. The summed E-state index contributed by atoms with van der Waals surface area (Å²) in [5, 5.41) is 0. The largest absolute Gasteiger partial charge is 0.410 e. The van der Waals surface area contributed by atoms with Crippen molar-refractivity contribution in [1.29, 1.82) is 0 Å². The van der Waals surface area contributed by atoms with Gasteiger partial charge in [0, 0.05) is 22.9 Å². The summed E-state index contributed by atoms with van der Waals surface area (Å²) in [4.78, 5) is 11.0. The molecular formula is C14H18N2O2. The summed E-state index contributed by atoms with van der Waals surface area (Å²) in [5.41, 5.74) is 8.02. The number of aromatic nitrogens is 1. The molecule has 2 rings (SSSR count). The fraction of sp³-hybridized carbons (Fsp3) is 0.357. The van der Waals surface area contributed by atoms with Crippen LogP contribution in [0.15, 0.2) is 24.4 Å². The second kappa shape index (κ2) is 4.05. The summed E-state index contributed by atoms with van der Waals surface area (Å²) in [6, 6.07) is 5.78. The van der Waals surface area contributed by atoms with Crippen LogP contribution in [0.25, 0.3) is 5.52 Å². The van der Waals surface area contributed by atoms with E-state index in [1.165, 1.54) is 0 Å². The summed E-state index contributed by atoms with van der Waals surface area (Å²) < 4.78 is 7.20. The molecule has 4 heteroatoms. The lowest BCUT2D eigenvalue weighted by molar-refractivity contribution is 0.211. The molecule has 2 N–H and O–H groups in total. The van der Waals surface area contributed by atoms with Crippen molar-refractivity contribution in [3.63, 3.8) is 0 Å². The third kappa shape index (κ3) is 1.94. The molecule has 18 heavy (non-hydrogen) atoms. The maximum absolute atomic E-state index is 11.0. The Bertz CT molecular complexity index is 606. The molecule has 1 amide bonds. The third-order valence-corrected chi connectivity index (χ3v) is 2.94. The van der Waals surface area contributed by atoms with Gasteiger partial charge in [-0.3, -0.25) is 0 Å². The second-order valence-electron chi connectivity index (χ2n) is 5.43. The van der Waals surface area contributed by atoms with Crippen LogP contribution in [-0.4, -0.2) is 10.5 Å². The van der Waals surface area contributed by atoms with Gasteiger partial charge in [0.15, 0.2) is 5.75 Å². The van der Waals surface area contributed by atoms with Gasteiger partial charge in [-0.1, -0.05) is 26.8 Å². The average molecular weight is 246 g/mol. The number of hydrogen-bond donors (Lipinski definition) is 1. The van der Waals surface area contributed by atoms with Gasteiger partial charge in [-0.25, -0.2) is 4.79 Å². The van der Waals surface area contributed by atoms with Crippen molar-refractivity contribution < 1.29 is 9.53 Å². The number of primary amides is 1. The molecule has 0 fully saturated rings. The monoisotopic (exact) mass is 246 g/mol. The highest BCUT2D eigenvalue weighted by Crippen LogP contribution is 2.36. The number of nitrogens with zero attached hydrogens (tertiary/aromatic N) is 1. The smallest absolute Gasteiger partial charge is 0.408 e. The van der Waals surface area contributed by atoms with Crippen LogP contribution in [0.1, 0.15) is 32.0 Å². The molecule has 0 spiro atoms. The SMILES string of the molecule is Cc1c(OC(N)=O)c2ccccn2c1C(C)(C)C. The molecule has 0 aliphatic rings. The van der Waals surface area contributed by atoms with Crippen molar-refractivity contribution in [3.8, 4) is 5.75 Å². The van der Waals surface area contributed by atoms with Gasteiger partial charge >= 0.3 is 6.09 Å². The number of hydrogen-bond acceptors (Lipinski definition) is 2. The van der Waals surface area contributed by atoms with Crippen LogP contribution >= 0.6 is 0 Å². The topological polar surface area (TPSA) is 56.7 Å². The number of pyridine rings is 1.